The highest BCUT2D eigenvalue weighted by Crippen LogP contribution is 2.44. The summed E-state index contributed by atoms with van der Waals surface area (Å²) in [4.78, 5) is 16.2. The molecule has 0 saturated heterocycles. The van der Waals surface area contributed by atoms with E-state index in [0.717, 1.165) is 41.8 Å². The summed E-state index contributed by atoms with van der Waals surface area (Å²) in [5.41, 5.74) is 4.54. The van der Waals surface area contributed by atoms with Crippen LogP contribution in [0.15, 0.2) is 30.5 Å². The number of aromatic nitrogens is 3. The second kappa shape index (κ2) is 5.60. The predicted molar refractivity (Wildman–Crippen MR) is 91.7 cm³/mol. The molecule has 5 nitrogen and oxygen atoms in total. The molecule has 1 aliphatic carbocycles. The van der Waals surface area contributed by atoms with Crippen molar-refractivity contribution in [3.63, 3.8) is 0 Å². The van der Waals surface area contributed by atoms with Crippen LogP contribution in [-0.4, -0.2) is 25.7 Å². The Morgan fingerprint density at radius 1 is 1.33 bits per heavy atom. The number of fused-ring (bicyclic) bond motifs is 1. The second-order valence-corrected chi connectivity index (χ2v) is 6.49. The summed E-state index contributed by atoms with van der Waals surface area (Å²) in [7, 11) is 0. The first-order chi connectivity index (χ1) is 11.6. The number of hydrogen-bond acceptors (Lipinski definition) is 3. The minimum absolute atomic E-state index is 0.134. The lowest BCUT2D eigenvalue weighted by Crippen LogP contribution is -2.08. The average molecular weight is 342 g/mol. The van der Waals surface area contributed by atoms with Crippen molar-refractivity contribution >= 4 is 23.2 Å². The molecule has 0 atom stereocenters. The molecular formula is C18H16ClN3O2. The van der Waals surface area contributed by atoms with Gasteiger partial charge >= 0.3 is 5.97 Å². The Morgan fingerprint density at radius 2 is 2.04 bits per heavy atom. The van der Waals surface area contributed by atoms with Gasteiger partial charge in [-0.2, -0.15) is 5.10 Å². The molecule has 0 amide bonds. The topological polar surface area (TPSA) is 67.5 Å². The molecule has 24 heavy (non-hydrogen) atoms. The first kappa shape index (κ1) is 15.1. The Balaban J connectivity index is 2.06. The van der Waals surface area contributed by atoms with Crippen LogP contribution >= 0.6 is 11.6 Å². The first-order valence-corrected chi connectivity index (χ1v) is 8.37. The van der Waals surface area contributed by atoms with Gasteiger partial charge in [0.15, 0.2) is 5.65 Å². The van der Waals surface area contributed by atoms with Crippen molar-refractivity contribution in [1.29, 1.82) is 0 Å². The van der Waals surface area contributed by atoms with Crippen LogP contribution in [0.3, 0.4) is 0 Å². The van der Waals surface area contributed by atoms with E-state index in [1.807, 2.05) is 24.3 Å². The quantitative estimate of drug-likeness (QED) is 0.772. The Hall–Kier alpha value is -2.40. The highest BCUT2D eigenvalue weighted by atomic mass is 35.5. The van der Waals surface area contributed by atoms with Gasteiger partial charge in [-0.15, -0.1) is 0 Å². The number of hydrogen-bond donors (Lipinski definition) is 1. The zero-order valence-corrected chi connectivity index (χ0v) is 13.9. The van der Waals surface area contributed by atoms with Gasteiger partial charge in [0.2, 0.25) is 0 Å². The third-order valence-electron chi connectivity index (χ3n) is 4.45. The van der Waals surface area contributed by atoms with Crippen molar-refractivity contribution < 1.29 is 9.90 Å². The maximum atomic E-state index is 11.5. The molecule has 0 aliphatic heterocycles. The van der Waals surface area contributed by atoms with Crippen LogP contribution < -0.4 is 0 Å². The SMILES string of the molecule is CCc1c(-c2ccc(Cl)cc2)nc2c(C(=O)O)cnn2c1C1CC1. The summed E-state index contributed by atoms with van der Waals surface area (Å²) in [6.45, 7) is 2.09. The zero-order valence-electron chi connectivity index (χ0n) is 13.2. The first-order valence-electron chi connectivity index (χ1n) is 8.00. The number of aromatic carboxylic acids is 1. The Kier molecular flexibility index (Phi) is 3.53. The molecule has 122 valence electrons. The van der Waals surface area contributed by atoms with E-state index in [9.17, 15) is 9.90 Å². The molecule has 0 radical (unpaired) electrons. The molecule has 2 aromatic heterocycles. The van der Waals surface area contributed by atoms with Crippen molar-refractivity contribution in [1.82, 2.24) is 14.6 Å². The lowest BCUT2D eigenvalue weighted by Gasteiger charge is -2.15. The molecule has 4 rings (SSSR count). The summed E-state index contributed by atoms with van der Waals surface area (Å²) < 4.78 is 1.72. The van der Waals surface area contributed by atoms with Crippen molar-refractivity contribution in [2.24, 2.45) is 0 Å². The van der Waals surface area contributed by atoms with Gasteiger partial charge in [-0.3, -0.25) is 0 Å². The molecule has 6 heteroatoms. The molecular weight excluding hydrogens is 326 g/mol. The highest BCUT2D eigenvalue weighted by molar-refractivity contribution is 6.30. The van der Waals surface area contributed by atoms with Crippen molar-refractivity contribution in [2.45, 2.75) is 32.1 Å². The Morgan fingerprint density at radius 3 is 2.62 bits per heavy atom. The van der Waals surface area contributed by atoms with Crippen molar-refractivity contribution in [3.8, 4) is 11.3 Å². The molecule has 3 aromatic rings. The lowest BCUT2D eigenvalue weighted by molar-refractivity contribution is 0.0699. The fourth-order valence-electron chi connectivity index (χ4n) is 3.17. The summed E-state index contributed by atoms with van der Waals surface area (Å²) in [6, 6.07) is 7.50. The van der Waals surface area contributed by atoms with E-state index in [4.69, 9.17) is 11.6 Å². The van der Waals surface area contributed by atoms with E-state index in [1.165, 1.54) is 6.20 Å². The van der Waals surface area contributed by atoms with Crippen LogP contribution in [0.5, 0.6) is 0 Å². The third kappa shape index (κ3) is 2.36. The summed E-state index contributed by atoms with van der Waals surface area (Å²) in [6.07, 6.45) is 4.42. The molecule has 1 aromatic carbocycles. The van der Waals surface area contributed by atoms with E-state index in [1.54, 1.807) is 4.52 Å². The van der Waals surface area contributed by atoms with Crippen molar-refractivity contribution in [3.05, 3.63) is 52.3 Å². The zero-order chi connectivity index (χ0) is 16.8. The predicted octanol–water partition coefficient (Wildman–Crippen LogP) is 4.19. The van der Waals surface area contributed by atoms with E-state index >= 15 is 0 Å². The monoisotopic (exact) mass is 341 g/mol. The number of carboxylic acid groups (broad SMARTS) is 1. The molecule has 2 heterocycles. The minimum atomic E-state index is -1.01. The van der Waals surface area contributed by atoms with Gasteiger partial charge in [0.05, 0.1) is 17.6 Å². The van der Waals surface area contributed by atoms with Gasteiger partial charge < -0.3 is 5.11 Å². The molecule has 0 spiro atoms. The van der Waals surface area contributed by atoms with Crippen LogP contribution in [-0.2, 0) is 6.42 Å². The number of benzene rings is 1. The largest absolute Gasteiger partial charge is 0.477 e. The minimum Gasteiger partial charge on any atom is -0.477 e. The van der Waals surface area contributed by atoms with Gasteiger partial charge in [0.25, 0.3) is 0 Å². The van der Waals surface area contributed by atoms with Crippen LogP contribution in [0.4, 0.5) is 0 Å². The summed E-state index contributed by atoms with van der Waals surface area (Å²) in [5, 5.41) is 14.4. The van der Waals surface area contributed by atoms with Gasteiger partial charge in [-0.25, -0.2) is 14.3 Å². The van der Waals surface area contributed by atoms with Crippen LogP contribution in [0.2, 0.25) is 5.02 Å². The van der Waals surface area contributed by atoms with Crippen LogP contribution in [0.25, 0.3) is 16.9 Å². The number of nitrogens with zero attached hydrogens (tertiary/aromatic N) is 3. The van der Waals surface area contributed by atoms with E-state index in [2.05, 4.69) is 17.0 Å². The molecule has 1 fully saturated rings. The number of halogens is 1. The molecule has 1 saturated carbocycles. The molecule has 0 unspecified atom stereocenters. The summed E-state index contributed by atoms with van der Waals surface area (Å²) in [5.74, 6) is -0.580. The fraction of sp³-hybridized carbons (Fsp3) is 0.278. The smallest absolute Gasteiger partial charge is 0.341 e. The molecule has 0 bridgehead atoms. The molecule has 1 aliphatic rings. The van der Waals surface area contributed by atoms with E-state index in [0.29, 0.717) is 16.6 Å². The Bertz CT molecular complexity index is 943. The number of carbonyl (C=O) groups is 1. The van der Waals surface area contributed by atoms with Crippen LogP contribution in [0.1, 0.15) is 47.3 Å². The molecule has 1 N–H and O–H groups in total. The maximum absolute atomic E-state index is 11.5. The average Bonchev–Trinajstić information content (AvgIpc) is 3.32. The van der Waals surface area contributed by atoms with Gasteiger partial charge in [0, 0.05) is 22.1 Å². The number of carboxylic acids is 1. The Labute approximate surface area is 143 Å². The maximum Gasteiger partial charge on any atom is 0.341 e. The van der Waals surface area contributed by atoms with Crippen molar-refractivity contribution in [2.75, 3.05) is 0 Å². The summed E-state index contributed by atoms with van der Waals surface area (Å²) >= 11 is 6.00. The standard InChI is InChI=1S/C18H16ClN3O2/c1-2-13-15(10-5-7-12(19)8-6-10)21-17-14(18(23)24)9-20-22(17)16(13)11-3-4-11/h5-9,11H,2-4H2,1H3,(H,23,24). The van der Waals surface area contributed by atoms with E-state index < -0.39 is 5.97 Å². The number of rotatable bonds is 4. The fourth-order valence-corrected chi connectivity index (χ4v) is 3.30. The van der Waals surface area contributed by atoms with Crippen LogP contribution in [0, 0.1) is 0 Å². The highest BCUT2D eigenvalue weighted by Gasteiger charge is 2.32. The van der Waals surface area contributed by atoms with E-state index in [-0.39, 0.29) is 5.56 Å². The van der Waals surface area contributed by atoms with Gasteiger partial charge in [-0.05, 0) is 31.4 Å². The third-order valence-corrected chi connectivity index (χ3v) is 4.70. The van der Waals surface area contributed by atoms with Gasteiger partial charge in [-0.1, -0.05) is 30.7 Å². The second-order valence-electron chi connectivity index (χ2n) is 6.06. The lowest BCUT2D eigenvalue weighted by atomic mass is 10.00. The van der Waals surface area contributed by atoms with Gasteiger partial charge in [0.1, 0.15) is 5.56 Å². The normalized spacial score (nSPS) is 14.2.